The average Bonchev–Trinajstić information content (AvgIpc) is 2.96. The molecule has 0 radical (unpaired) electrons. The van der Waals surface area contributed by atoms with Crippen molar-refractivity contribution >= 4 is 22.9 Å². The third-order valence-corrected chi connectivity index (χ3v) is 3.80. The molecule has 110 valence electrons. The van der Waals surface area contributed by atoms with E-state index in [0.29, 0.717) is 11.4 Å². The van der Waals surface area contributed by atoms with Crippen molar-refractivity contribution in [3.8, 4) is 10.7 Å². The van der Waals surface area contributed by atoms with Crippen LogP contribution in [-0.4, -0.2) is 15.9 Å². The molecule has 3 aromatic rings. The summed E-state index contributed by atoms with van der Waals surface area (Å²) >= 11 is 1.44. The zero-order chi connectivity index (χ0) is 15.4. The van der Waals surface area contributed by atoms with Crippen LogP contribution in [0.5, 0.6) is 0 Å². The summed E-state index contributed by atoms with van der Waals surface area (Å²) in [5, 5.41) is 5.25. The fraction of sp³-hybridized carbons (Fsp3) is 0.0625. The summed E-state index contributed by atoms with van der Waals surface area (Å²) in [7, 11) is 0. The Kier molecular flexibility index (Phi) is 4.20. The van der Waals surface area contributed by atoms with E-state index in [9.17, 15) is 9.18 Å². The normalized spacial score (nSPS) is 10.4. The summed E-state index contributed by atoms with van der Waals surface area (Å²) in [6.07, 6.45) is 1.84. The lowest BCUT2D eigenvalue weighted by Gasteiger charge is -2.03. The van der Waals surface area contributed by atoms with Crippen molar-refractivity contribution in [2.24, 2.45) is 0 Å². The molecule has 0 bridgehead atoms. The number of nitrogens with one attached hydrogen (secondary N) is 1. The Labute approximate surface area is 130 Å². The summed E-state index contributed by atoms with van der Waals surface area (Å²) in [5.74, 6) is -0.618. The monoisotopic (exact) mass is 313 g/mol. The molecule has 3 rings (SSSR count). The molecule has 0 aliphatic carbocycles. The lowest BCUT2D eigenvalue weighted by atomic mass is 10.2. The summed E-state index contributed by atoms with van der Waals surface area (Å²) in [5.41, 5.74) is 1.88. The SMILES string of the molecule is O=C(Cc1csc(-c2ccccn2)n1)Nc1cccc(F)c1. The van der Waals surface area contributed by atoms with E-state index in [1.54, 1.807) is 18.3 Å². The van der Waals surface area contributed by atoms with Crippen LogP contribution in [-0.2, 0) is 11.2 Å². The number of nitrogens with zero attached hydrogens (tertiary/aromatic N) is 2. The minimum absolute atomic E-state index is 0.139. The van der Waals surface area contributed by atoms with Gasteiger partial charge in [-0.1, -0.05) is 12.1 Å². The summed E-state index contributed by atoms with van der Waals surface area (Å²) in [6, 6.07) is 11.4. The number of anilines is 1. The second-order valence-electron chi connectivity index (χ2n) is 4.59. The van der Waals surface area contributed by atoms with Crippen molar-refractivity contribution in [2.45, 2.75) is 6.42 Å². The lowest BCUT2D eigenvalue weighted by molar-refractivity contribution is -0.115. The standard InChI is InChI=1S/C16H12FN3OS/c17-11-4-3-5-12(8-11)19-15(21)9-13-10-22-16(20-13)14-6-1-2-7-18-14/h1-8,10H,9H2,(H,19,21). The number of pyridine rings is 1. The van der Waals surface area contributed by atoms with Gasteiger partial charge in [-0.2, -0.15) is 0 Å². The van der Waals surface area contributed by atoms with E-state index in [4.69, 9.17) is 0 Å². The summed E-state index contributed by atoms with van der Waals surface area (Å²) in [4.78, 5) is 20.6. The van der Waals surface area contributed by atoms with Gasteiger partial charge in [-0.3, -0.25) is 9.78 Å². The van der Waals surface area contributed by atoms with Gasteiger partial charge in [0.05, 0.1) is 17.8 Å². The van der Waals surface area contributed by atoms with Crippen molar-refractivity contribution in [1.82, 2.24) is 9.97 Å². The molecule has 0 atom stereocenters. The van der Waals surface area contributed by atoms with Crippen molar-refractivity contribution in [3.63, 3.8) is 0 Å². The largest absolute Gasteiger partial charge is 0.326 e. The van der Waals surface area contributed by atoms with E-state index in [-0.39, 0.29) is 18.1 Å². The van der Waals surface area contributed by atoms with Crippen LogP contribution in [0, 0.1) is 5.82 Å². The molecule has 4 nitrogen and oxygen atoms in total. The van der Waals surface area contributed by atoms with Gasteiger partial charge in [0.25, 0.3) is 0 Å². The first-order valence-corrected chi connectivity index (χ1v) is 7.50. The number of halogens is 1. The number of benzene rings is 1. The van der Waals surface area contributed by atoms with Crippen LogP contribution in [0.2, 0.25) is 0 Å². The van der Waals surface area contributed by atoms with E-state index >= 15 is 0 Å². The number of hydrogen-bond acceptors (Lipinski definition) is 4. The lowest BCUT2D eigenvalue weighted by Crippen LogP contribution is -2.14. The topological polar surface area (TPSA) is 54.9 Å². The first-order chi connectivity index (χ1) is 10.7. The van der Waals surface area contributed by atoms with Gasteiger partial charge in [0.2, 0.25) is 5.91 Å². The van der Waals surface area contributed by atoms with E-state index in [1.165, 1.54) is 23.5 Å². The van der Waals surface area contributed by atoms with Gasteiger partial charge in [0.15, 0.2) is 0 Å². The average molecular weight is 313 g/mol. The third kappa shape index (κ3) is 3.53. The predicted octanol–water partition coefficient (Wildman–Crippen LogP) is 3.53. The number of carbonyl (C=O) groups is 1. The highest BCUT2D eigenvalue weighted by molar-refractivity contribution is 7.13. The maximum absolute atomic E-state index is 13.1. The molecule has 1 N–H and O–H groups in total. The van der Waals surface area contributed by atoms with Gasteiger partial charge in [0.1, 0.15) is 10.8 Å². The first-order valence-electron chi connectivity index (χ1n) is 6.62. The maximum atomic E-state index is 13.1. The first kappa shape index (κ1) is 14.3. The Hall–Kier alpha value is -2.60. The molecule has 6 heteroatoms. The Morgan fingerprint density at radius 2 is 2.14 bits per heavy atom. The zero-order valence-electron chi connectivity index (χ0n) is 11.5. The fourth-order valence-electron chi connectivity index (χ4n) is 1.93. The van der Waals surface area contributed by atoms with Gasteiger partial charge >= 0.3 is 0 Å². The van der Waals surface area contributed by atoms with E-state index in [2.05, 4.69) is 15.3 Å². The van der Waals surface area contributed by atoms with Crippen LogP contribution in [0.4, 0.5) is 10.1 Å². The Balaban J connectivity index is 1.66. The molecule has 0 unspecified atom stereocenters. The van der Waals surface area contributed by atoms with Crippen molar-refractivity contribution in [2.75, 3.05) is 5.32 Å². The van der Waals surface area contributed by atoms with Gasteiger partial charge in [-0.15, -0.1) is 11.3 Å². The van der Waals surface area contributed by atoms with E-state index in [1.807, 2.05) is 23.6 Å². The Bertz CT molecular complexity index is 789. The molecule has 1 aromatic carbocycles. The number of thiazole rings is 1. The van der Waals surface area contributed by atoms with Crippen molar-refractivity contribution < 1.29 is 9.18 Å². The van der Waals surface area contributed by atoms with Crippen LogP contribution in [0.3, 0.4) is 0 Å². The molecule has 2 aromatic heterocycles. The van der Waals surface area contributed by atoms with Gasteiger partial charge in [-0.25, -0.2) is 9.37 Å². The Morgan fingerprint density at radius 1 is 1.23 bits per heavy atom. The van der Waals surface area contributed by atoms with Crippen LogP contribution in [0.1, 0.15) is 5.69 Å². The second-order valence-corrected chi connectivity index (χ2v) is 5.45. The highest BCUT2D eigenvalue weighted by atomic mass is 32.1. The fourth-order valence-corrected chi connectivity index (χ4v) is 2.73. The second kappa shape index (κ2) is 6.44. The van der Waals surface area contributed by atoms with Crippen LogP contribution >= 0.6 is 11.3 Å². The third-order valence-electron chi connectivity index (χ3n) is 2.89. The molecule has 0 fully saturated rings. The quantitative estimate of drug-likeness (QED) is 0.801. The van der Waals surface area contributed by atoms with E-state index in [0.717, 1.165) is 10.7 Å². The molecular formula is C16H12FN3OS. The highest BCUT2D eigenvalue weighted by Gasteiger charge is 2.10. The smallest absolute Gasteiger partial charge is 0.230 e. The van der Waals surface area contributed by atoms with Crippen molar-refractivity contribution in [1.29, 1.82) is 0 Å². The van der Waals surface area contributed by atoms with Crippen LogP contribution in [0.25, 0.3) is 10.7 Å². The van der Waals surface area contributed by atoms with Gasteiger partial charge < -0.3 is 5.32 Å². The molecule has 1 amide bonds. The molecular weight excluding hydrogens is 301 g/mol. The molecule has 22 heavy (non-hydrogen) atoms. The summed E-state index contributed by atoms with van der Waals surface area (Å²) in [6.45, 7) is 0. The van der Waals surface area contributed by atoms with Gasteiger partial charge in [-0.05, 0) is 30.3 Å². The number of hydrogen-bond donors (Lipinski definition) is 1. The summed E-state index contributed by atoms with van der Waals surface area (Å²) < 4.78 is 13.1. The number of carbonyl (C=O) groups excluding carboxylic acids is 1. The minimum Gasteiger partial charge on any atom is -0.326 e. The number of amides is 1. The van der Waals surface area contributed by atoms with Gasteiger partial charge in [0, 0.05) is 17.3 Å². The number of aromatic nitrogens is 2. The molecule has 2 heterocycles. The van der Waals surface area contributed by atoms with Crippen LogP contribution in [0.15, 0.2) is 54.0 Å². The minimum atomic E-state index is -0.385. The molecule has 0 aliphatic rings. The van der Waals surface area contributed by atoms with Crippen molar-refractivity contribution in [3.05, 3.63) is 65.6 Å². The molecule has 0 saturated carbocycles. The highest BCUT2D eigenvalue weighted by Crippen LogP contribution is 2.21. The predicted molar refractivity (Wildman–Crippen MR) is 84.1 cm³/mol. The molecule has 0 spiro atoms. The molecule has 0 saturated heterocycles. The zero-order valence-corrected chi connectivity index (χ0v) is 12.3. The number of rotatable bonds is 4. The van der Waals surface area contributed by atoms with E-state index < -0.39 is 0 Å². The maximum Gasteiger partial charge on any atom is 0.230 e. The van der Waals surface area contributed by atoms with Crippen LogP contribution < -0.4 is 5.32 Å². The Morgan fingerprint density at radius 3 is 2.91 bits per heavy atom. The molecule has 0 aliphatic heterocycles.